The molecule has 4 aromatic rings. The standard InChI is InChI=1S/C26H19Cl2N3O4S/c1-33-20-10-14(11-21(34-2)23(20)35-3)9-19-25(32)31(24(29-19)15-7-5-4-6-8-15)26-30-18-12-16(27)17(28)13-22(18)36-26/h4-13H,1-3H3. The quantitative estimate of drug-likeness (QED) is 0.263. The van der Waals surface area contributed by atoms with E-state index in [9.17, 15) is 4.79 Å². The third kappa shape index (κ3) is 4.28. The van der Waals surface area contributed by atoms with Crippen molar-refractivity contribution in [2.75, 3.05) is 26.2 Å². The highest BCUT2D eigenvalue weighted by atomic mass is 35.5. The summed E-state index contributed by atoms with van der Waals surface area (Å²) in [7, 11) is 4.60. The first-order valence-corrected chi connectivity index (χ1v) is 12.3. The van der Waals surface area contributed by atoms with E-state index in [0.29, 0.717) is 49.3 Å². The Labute approximate surface area is 221 Å². The van der Waals surface area contributed by atoms with Crippen molar-refractivity contribution in [1.82, 2.24) is 4.98 Å². The van der Waals surface area contributed by atoms with E-state index in [4.69, 9.17) is 42.4 Å². The van der Waals surface area contributed by atoms with Crippen LogP contribution in [0.3, 0.4) is 0 Å². The number of amides is 1. The largest absolute Gasteiger partial charge is 0.493 e. The molecule has 5 rings (SSSR count). The smallest absolute Gasteiger partial charge is 0.284 e. The molecular weight excluding hydrogens is 521 g/mol. The molecule has 0 saturated heterocycles. The lowest BCUT2D eigenvalue weighted by Gasteiger charge is -2.15. The Bertz CT molecular complexity index is 1490. The van der Waals surface area contributed by atoms with Crippen LogP contribution >= 0.6 is 34.5 Å². The van der Waals surface area contributed by atoms with E-state index >= 15 is 0 Å². The molecule has 0 saturated carbocycles. The van der Waals surface area contributed by atoms with E-state index in [1.807, 2.05) is 30.3 Å². The number of aromatic nitrogens is 1. The Morgan fingerprint density at radius 1 is 0.917 bits per heavy atom. The zero-order valence-electron chi connectivity index (χ0n) is 19.4. The molecule has 0 aliphatic carbocycles. The highest BCUT2D eigenvalue weighted by molar-refractivity contribution is 7.22. The molecular formula is C26H19Cl2N3O4S. The summed E-state index contributed by atoms with van der Waals surface area (Å²) < 4.78 is 17.1. The van der Waals surface area contributed by atoms with Crippen molar-refractivity contribution < 1.29 is 19.0 Å². The summed E-state index contributed by atoms with van der Waals surface area (Å²) in [5.41, 5.74) is 2.31. The molecule has 0 bridgehead atoms. The molecule has 1 aliphatic rings. The highest BCUT2D eigenvalue weighted by Crippen LogP contribution is 2.40. The molecule has 2 heterocycles. The minimum Gasteiger partial charge on any atom is -0.493 e. The summed E-state index contributed by atoms with van der Waals surface area (Å²) in [6.07, 6.45) is 1.68. The van der Waals surface area contributed by atoms with Crippen molar-refractivity contribution >= 4 is 67.7 Å². The van der Waals surface area contributed by atoms with Crippen LogP contribution in [0.2, 0.25) is 10.0 Å². The van der Waals surface area contributed by atoms with Crippen LogP contribution in [0.25, 0.3) is 16.3 Å². The Morgan fingerprint density at radius 2 is 1.58 bits per heavy atom. The van der Waals surface area contributed by atoms with Crippen LogP contribution in [0.15, 0.2) is 65.3 Å². The van der Waals surface area contributed by atoms with E-state index in [1.165, 1.54) is 37.6 Å². The average Bonchev–Trinajstić information content (AvgIpc) is 3.43. The summed E-state index contributed by atoms with van der Waals surface area (Å²) in [6.45, 7) is 0. The van der Waals surface area contributed by atoms with Gasteiger partial charge >= 0.3 is 0 Å². The molecule has 0 fully saturated rings. The van der Waals surface area contributed by atoms with E-state index in [2.05, 4.69) is 4.98 Å². The Hall–Kier alpha value is -3.59. The first-order chi connectivity index (χ1) is 17.4. The molecule has 7 nitrogen and oxygen atoms in total. The summed E-state index contributed by atoms with van der Waals surface area (Å²) >= 11 is 13.7. The van der Waals surface area contributed by atoms with Gasteiger partial charge in [0.05, 0.1) is 41.6 Å². The van der Waals surface area contributed by atoms with Crippen molar-refractivity contribution in [3.05, 3.63) is 81.5 Å². The Balaban J connectivity index is 1.64. The van der Waals surface area contributed by atoms with Gasteiger partial charge in [0.1, 0.15) is 11.5 Å². The Morgan fingerprint density at radius 3 is 2.22 bits per heavy atom. The topological polar surface area (TPSA) is 73.2 Å². The molecule has 1 aliphatic heterocycles. The SMILES string of the molecule is COc1cc(C=C2N=C(c3ccccc3)N(c3nc4cc(Cl)c(Cl)cc4s3)C2=O)cc(OC)c1OC. The van der Waals surface area contributed by atoms with Crippen LogP contribution in [0.1, 0.15) is 11.1 Å². The molecule has 0 spiro atoms. The van der Waals surface area contributed by atoms with Gasteiger partial charge < -0.3 is 14.2 Å². The van der Waals surface area contributed by atoms with Crippen LogP contribution < -0.4 is 19.1 Å². The van der Waals surface area contributed by atoms with Crippen LogP contribution in [-0.2, 0) is 4.79 Å². The number of carbonyl (C=O) groups is 1. The minimum absolute atomic E-state index is 0.235. The van der Waals surface area contributed by atoms with Gasteiger partial charge in [-0.25, -0.2) is 14.9 Å². The third-order valence-corrected chi connectivity index (χ3v) is 7.22. The van der Waals surface area contributed by atoms with Crippen LogP contribution in [0.5, 0.6) is 17.2 Å². The van der Waals surface area contributed by atoms with Crippen molar-refractivity contribution in [1.29, 1.82) is 0 Å². The average molecular weight is 540 g/mol. The van der Waals surface area contributed by atoms with Crippen molar-refractivity contribution in [2.45, 2.75) is 0 Å². The summed E-state index contributed by atoms with van der Waals surface area (Å²) in [5, 5.41) is 1.28. The van der Waals surface area contributed by atoms with Gasteiger partial charge in [0, 0.05) is 5.56 Å². The number of thiazole rings is 1. The fraction of sp³-hybridized carbons (Fsp3) is 0.115. The van der Waals surface area contributed by atoms with Gasteiger partial charge in [0.15, 0.2) is 16.6 Å². The monoisotopic (exact) mass is 539 g/mol. The number of anilines is 1. The number of fused-ring (bicyclic) bond motifs is 1. The second-order valence-corrected chi connectivity index (χ2v) is 9.48. The second kappa shape index (κ2) is 9.81. The summed E-state index contributed by atoms with van der Waals surface area (Å²) in [5.74, 6) is 1.55. The van der Waals surface area contributed by atoms with E-state index in [0.717, 1.165) is 10.3 Å². The van der Waals surface area contributed by atoms with E-state index in [-0.39, 0.29) is 11.6 Å². The number of hydrogen-bond donors (Lipinski definition) is 0. The maximum absolute atomic E-state index is 13.7. The number of amidine groups is 1. The summed E-state index contributed by atoms with van der Waals surface area (Å²) in [6, 6.07) is 16.4. The third-order valence-electron chi connectivity index (χ3n) is 5.49. The van der Waals surface area contributed by atoms with Crippen molar-refractivity contribution in [2.24, 2.45) is 4.99 Å². The molecule has 0 radical (unpaired) electrons. The first-order valence-electron chi connectivity index (χ1n) is 10.7. The first kappa shape index (κ1) is 24.1. The van der Waals surface area contributed by atoms with Gasteiger partial charge in [-0.05, 0) is 35.9 Å². The zero-order valence-corrected chi connectivity index (χ0v) is 21.7. The van der Waals surface area contributed by atoms with Gasteiger partial charge in [-0.2, -0.15) is 0 Å². The number of aliphatic imine (C=N–C) groups is 1. The fourth-order valence-electron chi connectivity index (χ4n) is 3.82. The number of benzene rings is 3. The number of hydrogen-bond acceptors (Lipinski definition) is 7. The normalized spacial score (nSPS) is 14.5. The molecule has 1 amide bonds. The van der Waals surface area contributed by atoms with Gasteiger partial charge in [-0.15, -0.1) is 0 Å². The fourth-order valence-corrected chi connectivity index (χ4v) is 5.20. The molecule has 182 valence electrons. The van der Waals surface area contributed by atoms with Crippen molar-refractivity contribution in [3.63, 3.8) is 0 Å². The molecule has 0 N–H and O–H groups in total. The number of rotatable bonds is 6. The predicted octanol–water partition coefficient (Wildman–Crippen LogP) is 6.46. The molecule has 10 heteroatoms. The number of carbonyl (C=O) groups excluding carboxylic acids is 1. The summed E-state index contributed by atoms with van der Waals surface area (Å²) in [4.78, 5) is 24.6. The lowest BCUT2D eigenvalue weighted by Crippen LogP contribution is -2.32. The number of nitrogens with zero attached hydrogens (tertiary/aromatic N) is 3. The number of halogens is 2. The van der Waals surface area contributed by atoms with E-state index < -0.39 is 0 Å². The van der Waals surface area contributed by atoms with Crippen LogP contribution in [0, 0.1) is 0 Å². The number of ether oxygens (including phenoxy) is 3. The van der Waals surface area contributed by atoms with Gasteiger partial charge in [-0.3, -0.25) is 4.79 Å². The van der Waals surface area contributed by atoms with Gasteiger partial charge in [0.2, 0.25) is 5.75 Å². The zero-order chi connectivity index (χ0) is 25.4. The van der Waals surface area contributed by atoms with Crippen molar-refractivity contribution in [3.8, 4) is 17.2 Å². The lowest BCUT2D eigenvalue weighted by molar-refractivity contribution is -0.113. The molecule has 3 aromatic carbocycles. The number of methoxy groups -OCH3 is 3. The Kier molecular flexibility index (Phi) is 6.57. The molecule has 0 atom stereocenters. The highest BCUT2D eigenvalue weighted by Gasteiger charge is 2.35. The lowest BCUT2D eigenvalue weighted by atomic mass is 10.1. The van der Waals surface area contributed by atoms with Crippen LogP contribution in [0.4, 0.5) is 5.13 Å². The molecule has 0 unspecified atom stereocenters. The maximum Gasteiger partial charge on any atom is 0.284 e. The van der Waals surface area contributed by atoms with E-state index in [1.54, 1.807) is 30.3 Å². The maximum atomic E-state index is 13.7. The van der Waals surface area contributed by atoms with Gasteiger partial charge in [0.25, 0.3) is 5.91 Å². The van der Waals surface area contributed by atoms with Gasteiger partial charge in [-0.1, -0.05) is 64.9 Å². The predicted molar refractivity (Wildman–Crippen MR) is 144 cm³/mol. The molecule has 1 aromatic heterocycles. The van der Waals surface area contributed by atoms with Crippen LogP contribution in [-0.4, -0.2) is 38.1 Å². The second-order valence-electron chi connectivity index (χ2n) is 7.66. The molecule has 36 heavy (non-hydrogen) atoms. The minimum atomic E-state index is -0.321.